The highest BCUT2D eigenvalue weighted by Crippen LogP contribution is 2.44. The van der Waals surface area contributed by atoms with Crippen LogP contribution < -0.4 is 14.9 Å². The fraction of sp³-hybridized carbons (Fsp3) is 0.250. The molecule has 5 rings (SSSR count). The number of aryl methyl sites for hydroxylation is 3. The Balaban J connectivity index is 1.66. The summed E-state index contributed by atoms with van der Waals surface area (Å²) in [6, 6.07) is 17.3. The summed E-state index contributed by atoms with van der Waals surface area (Å²) in [7, 11) is -3.40. The number of sulfonamides is 1. The molecule has 3 aromatic heterocycles. The molecule has 0 bridgehead atoms. The summed E-state index contributed by atoms with van der Waals surface area (Å²) in [6.45, 7) is 8.13. The molecular weight excluding hydrogens is 516 g/mol. The number of hydrogen-bond donors (Lipinski definition) is 2. The SMILES string of the molecule is Cc1cc(N2C(=S)NC(c3ccccn3)C2c2cc(C)n(-c3ncccc3C)c2C)ccc1NS(C)(=O)=O. The van der Waals surface area contributed by atoms with Crippen molar-refractivity contribution in [2.24, 2.45) is 0 Å². The van der Waals surface area contributed by atoms with E-state index in [0.717, 1.165) is 51.5 Å². The Hall–Kier alpha value is -3.76. The summed E-state index contributed by atoms with van der Waals surface area (Å²) >= 11 is 5.89. The number of thiocarbonyl (C=S) groups is 1. The fourth-order valence-corrected chi connectivity index (χ4v) is 6.16. The maximum atomic E-state index is 11.8. The molecule has 1 fully saturated rings. The standard InChI is InChI=1S/C28H30N6O2S2/c1-17-9-8-14-30-27(17)33-19(3)16-22(20(33)4)26-25(24-10-6-7-13-29-24)31-28(37)34(26)21-11-12-23(18(2)15-21)32-38(5,35)36/h6-16,25-26,32H,1-5H3,(H,31,37). The van der Waals surface area contributed by atoms with E-state index >= 15 is 0 Å². The van der Waals surface area contributed by atoms with Gasteiger partial charge in [-0.15, -0.1) is 0 Å². The first-order valence-electron chi connectivity index (χ1n) is 12.2. The first-order chi connectivity index (χ1) is 18.0. The third kappa shape index (κ3) is 4.77. The maximum Gasteiger partial charge on any atom is 0.229 e. The van der Waals surface area contributed by atoms with Crippen molar-refractivity contribution in [1.82, 2.24) is 19.9 Å². The van der Waals surface area contributed by atoms with Crippen LogP contribution in [-0.2, 0) is 10.0 Å². The molecule has 38 heavy (non-hydrogen) atoms. The minimum absolute atomic E-state index is 0.198. The molecule has 0 amide bonds. The van der Waals surface area contributed by atoms with Gasteiger partial charge in [0.1, 0.15) is 5.82 Å². The summed E-state index contributed by atoms with van der Waals surface area (Å²) in [4.78, 5) is 11.4. The molecule has 2 unspecified atom stereocenters. The van der Waals surface area contributed by atoms with Gasteiger partial charge in [-0.2, -0.15) is 0 Å². The van der Waals surface area contributed by atoms with Crippen LogP contribution in [0.4, 0.5) is 11.4 Å². The Morgan fingerprint density at radius 3 is 2.37 bits per heavy atom. The number of aromatic nitrogens is 3. The van der Waals surface area contributed by atoms with Crippen LogP contribution >= 0.6 is 12.2 Å². The molecule has 8 nitrogen and oxygen atoms in total. The van der Waals surface area contributed by atoms with E-state index < -0.39 is 10.0 Å². The highest BCUT2D eigenvalue weighted by molar-refractivity contribution is 7.92. The van der Waals surface area contributed by atoms with Crippen molar-refractivity contribution in [3.8, 4) is 5.82 Å². The molecule has 4 heterocycles. The van der Waals surface area contributed by atoms with Gasteiger partial charge in [-0.1, -0.05) is 12.1 Å². The van der Waals surface area contributed by atoms with Crippen molar-refractivity contribution < 1.29 is 8.42 Å². The molecule has 0 saturated carbocycles. The number of benzene rings is 1. The number of pyridine rings is 2. The summed E-state index contributed by atoms with van der Waals surface area (Å²) in [6.07, 6.45) is 4.74. The molecule has 1 aromatic carbocycles. The summed E-state index contributed by atoms with van der Waals surface area (Å²) < 4.78 is 28.4. The largest absolute Gasteiger partial charge is 0.351 e. The van der Waals surface area contributed by atoms with E-state index in [9.17, 15) is 8.42 Å². The quantitative estimate of drug-likeness (QED) is 0.327. The Bertz CT molecular complexity index is 1630. The van der Waals surface area contributed by atoms with Gasteiger partial charge in [0.2, 0.25) is 10.0 Å². The van der Waals surface area contributed by atoms with E-state index in [1.54, 1.807) is 12.3 Å². The van der Waals surface area contributed by atoms with E-state index in [-0.39, 0.29) is 12.1 Å². The van der Waals surface area contributed by atoms with E-state index in [4.69, 9.17) is 12.2 Å². The lowest BCUT2D eigenvalue weighted by Crippen LogP contribution is -2.29. The highest BCUT2D eigenvalue weighted by atomic mass is 32.2. The van der Waals surface area contributed by atoms with Crippen molar-refractivity contribution in [3.05, 3.63) is 101 Å². The number of hydrogen-bond acceptors (Lipinski definition) is 5. The first-order valence-corrected chi connectivity index (χ1v) is 14.5. The monoisotopic (exact) mass is 546 g/mol. The smallest absolute Gasteiger partial charge is 0.229 e. The van der Waals surface area contributed by atoms with Gasteiger partial charge in [-0.25, -0.2) is 13.4 Å². The van der Waals surface area contributed by atoms with Gasteiger partial charge in [0.25, 0.3) is 0 Å². The second-order valence-electron chi connectivity index (χ2n) is 9.68. The van der Waals surface area contributed by atoms with Crippen LogP contribution in [0.15, 0.2) is 67.0 Å². The summed E-state index contributed by atoms with van der Waals surface area (Å²) in [5.41, 5.74) is 7.41. The van der Waals surface area contributed by atoms with Gasteiger partial charge < -0.3 is 14.8 Å². The predicted molar refractivity (Wildman–Crippen MR) is 155 cm³/mol. The second kappa shape index (κ2) is 9.85. The van der Waals surface area contributed by atoms with Gasteiger partial charge in [0.15, 0.2) is 5.11 Å². The third-order valence-electron chi connectivity index (χ3n) is 6.86. The van der Waals surface area contributed by atoms with Crippen molar-refractivity contribution in [1.29, 1.82) is 0 Å². The van der Waals surface area contributed by atoms with Crippen molar-refractivity contribution in [2.45, 2.75) is 39.8 Å². The average Bonchev–Trinajstić information content (AvgIpc) is 3.36. The molecule has 1 aliphatic heterocycles. The third-order valence-corrected chi connectivity index (χ3v) is 7.77. The molecule has 2 atom stereocenters. The van der Waals surface area contributed by atoms with Crippen LogP contribution in [0.5, 0.6) is 0 Å². The Morgan fingerprint density at radius 2 is 1.71 bits per heavy atom. The molecule has 10 heteroatoms. The van der Waals surface area contributed by atoms with Crippen molar-refractivity contribution in [3.63, 3.8) is 0 Å². The molecule has 0 radical (unpaired) electrons. The number of anilines is 2. The molecule has 1 saturated heterocycles. The van der Waals surface area contributed by atoms with Crippen LogP contribution in [-0.4, -0.2) is 34.3 Å². The van der Waals surface area contributed by atoms with Gasteiger partial charge in [-0.05, 0) is 99.1 Å². The Labute approximate surface area is 228 Å². The summed E-state index contributed by atoms with van der Waals surface area (Å²) in [5.74, 6) is 0.898. The number of nitrogens with zero attached hydrogens (tertiary/aromatic N) is 4. The predicted octanol–water partition coefficient (Wildman–Crippen LogP) is 5.05. The zero-order valence-electron chi connectivity index (χ0n) is 21.9. The van der Waals surface area contributed by atoms with Gasteiger partial charge in [-0.3, -0.25) is 9.71 Å². The lowest BCUT2D eigenvalue weighted by molar-refractivity contribution is 0.565. The van der Waals surface area contributed by atoms with E-state index in [1.807, 2.05) is 49.5 Å². The van der Waals surface area contributed by atoms with Crippen LogP contribution in [0, 0.1) is 27.7 Å². The first kappa shape index (κ1) is 25.9. The minimum Gasteiger partial charge on any atom is -0.351 e. The highest BCUT2D eigenvalue weighted by Gasteiger charge is 2.42. The summed E-state index contributed by atoms with van der Waals surface area (Å²) in [5, 5.41) is 4.08. The molecular formula is C28H30N6O2S2. The van der Waals surface area contributed by atoms with E-state index in [0.29, 0.717) is 10.8 Å². The second-order valence-corrected chi connectivity index (χ2v) is 11.8. The van der Waals surface area contributed by atoms with E-state index in [1.165, 1.54) is 0 Å². The molecule has 196 valence electrons. The van der Waals surface area contributed by atoms with Gasteiger partial charge >= 0.3 is 0 Å². The lowest BCUT2D eigenvalue weighted by Gasteiger charge is -2.29. The van der Waals surface area contributed by atoms with Crippen molar-refractivity contribution >= 4 is 38.7 Å². The Kier molecular flexibility index (Phi) is 6.70. The molecule has 0 aliphatic carbocycles. The van der Waals surface area contributed by atoms with Gasteiger partial charge in [0, 0.05) is 29.5 Å². The topological polar surface area (TPSA) is 92.2 Å². The van der Waals surface area contributed by atoms with Crippen LogP contribution in [0.1, 0.15) is 45.9 Å². The normalized spacial score (nSPS) is 17.5. The zero-order chi connectivity index (χ0) is 27.2. The molecule has 2 N–H and O–H groups in total. The van der Waals surface area contributed by atoms with Crippen LogP contribution in [0.25, 0.3) is 5.82 Å². The molecule has 4 aromatic rings. The fourth-order valence-electron chi connectivity index (χ4n) is 5.19. The average molecular weight is 547 g/mol. The van der Waals surface area contributed by atoms with Crippen LogP contribution in [0.2, 0.25) is 0 Å². The zero-order valence-corrected chi connectivity index (χ0v) is 23.6. The minimum atomic E-state index is -3.40. The van der Waals surface area contributed by atoms with Crippen LogP contribution in [0.3, 0.4) is 0 Å². The maximum absolute atomic E-state index is 11.8. The lowest BCUT2D eigenvalue weighted by atomic mass is 9.96. The van der Waals surface area contributed by atoms with Gasteiger partial charge in [0.05, 0.1) is 29.7 Å². The number of rotatable bonds is 6. The Morgan fingerprint density at radius 1 is 0.947 bits per heavy atom. The van der Waals surface area contributed by atoms with E-state index in [2.05, 4.69) is 62.4 Å². The van der Waals surface area contributed by atoms with Crippen molar-refractivity contribution in [2.75, 3.05) is 15.9 Å². The molecule has 0 spiro atoms. The molecule has 1 aliphatic rings. The number of nitrogens with one attached hydrogen (secondary N) is 2.